The summed E-state index contributed by atoms with van der Waals surface area (Å²) < 4.78 is 7.05. The Morgan fingerprint density at radius 3 is 2.50 bits per heavy atom. The molecule has 30 heavy (non-hydrogen) atoms. The number of rotatable bonds is 7. The quantitative estimate of drug-likeness (QED) is 0.602. The Kier molecular flexibility index (Phi) is 6.68. The fourth-order valence-corrected chi connectivity index (χ4v) is 2.98. The summed E-state index contributed by atoms with van der Waals surface area (Å²) in [4.78, 5) is 28.5. The number of hydrogen-bond donors (Lipinski definition) is 2. The highest BCUT2D eigenvalue weighted by Gasteiger charge is 2.16. The summed E-state index contributed by atoms with van der Waals surface area (Å²) in [5.41, 5.74) is 2.39. The van der Waals surface area contributed by atoms with Gasteiger partial charge in [0.25, 0.3) is 11.8 Å². The van der Waals surface area contributed by atoms with Gasteiger partial charge in [-0.1, -0.05) is 11.6 Å². The summed E-state index contributed by atoms with van der Waals surface area (Å²) in [7, 11) is 0. The zero-order chi connectivity index (χ0) is 21.7. The van der Waals surface area contributed by atoms with Crippen LogP contribution in [0.25, 0.3) is 5.82 Å². The molecule has 0 saturated carbocycles. The highest BCUT2D eigenvalue weighted by atomic mass is 35.5. The number of ether oxygens (including phenoxy) is 1. The second kappa shape index (κ2) is 9.41. The van der Waals surface area contributed by atoms with Gasteiger partial charge in [0, 0.05) is 17.9 Å². The molecule has 2 N–H and O–H groups in total. The predicted molar refractivity (Wildman–Crippen MR) is 114 cm³/mol. The molecule has 0 radical (unpaired) electrons. The molecule has 2 heterocycles. The normalized spacial score (nSPS) is 10.5. The first kappa shape index (κ1) is 21.3. The monoisotopic (exact) mass is 427 g/mol. The van der Waals surface area contributed by atoms with E-state index in [1.807, 2.05) is 26.8 Å². The van der Waals surface area contributed by atoms with E-state index in [-0.39, 0.29) is 23.2 Å². The van der Waals surface area contributed by atoms with Crippen molar-refractivity contribution in [1.82, 2.24) is 20.1 Å². The molecule has 8 nitrogen and oxygen atoms in total. The van der Waals surface area contributed by atoms with E-state index in [0.717, 1.165) is 11.4 Å². The van der Waals surface area contributed by atoms with Crippen molar-refractivity contribution in [3.8, 4) is 11.6 Å². The third kappa shape index (κ3) is 5.15. The van der Waals surface area contributed by atoms with Crippen molar-refractivity contribution in [3.05, 3.63) is 64.6 Å². The Morgan fingerprint density at radius 2 is 1.87 bits per heavy atom. The van der Waals surface area contributed by atoms with Crippen LogP contribution in [0, 0.1) is 13.8 Å². The lowest BCUT2D eigenvalue weighted by Crippen LogP contribution is -2.28. The molecular weight excluding hydrogens is 406 g/mol. The number of halogens is 1. The number of nitrogens with one attached hydrogen (secondary N) is 2. The molecule has 3 aromatic rings. The number of likely N-dealkylation sites (N-methyl/N-ethyl adjacent to an activating group) is 1. The maximum absolute atomic E-state index is 12.7. The van der Waals surface area contributed by atoms with Gasteiger partial charge in [-0.2, -0.15) is 5.10 Å². The van der Waals surface area contributed by atoms with Crippen LogP contribution in [0.5, 0.6) is 5.75 Å². The molecule has 156 valence electrons. The van der Waals surface area contributed by atoms with Gasteiger partial charge in [-0.05, 0) is 63.2 Å². The van der Waals surface area contributed by atoms with Crippen molar-refractivity contribution >= 4 is 29.1 Å². The smallest absolute Gasteiger partial charge is 0.275 e. The van der Waals surface area contributed by atoms with E-state index in [1.165, 1.54) is 0 Å². The van der Waals surface area contributed by atoms with Crippen molar-refractivity contribution in [2.45, 2.75) is 20.8 Å². The lowest BCUT2D eigenvalue weighted by atomic mass is 10.2. The molecule has 1 aromatic carbocycles. The number of carbonyl (C=O) groups is 2. The van der Waals surface area contributed by atoms with Gasteiger partial charge in [-0.3, -0.25) is 9.59 Å². The first-order valence-corrected chi connectivity index (χ1v) is 9.76. The van der Waals surface area contributed by atoms with Crippen LogP contribution in [-0.4, -0.2) is 39.7 Å². The summed E-state index contributed by atoms with van der Waals surface area (Å²) in [5.74, 6) is 0.378. The average molecular weight is 428 g/mol. The van der Waals surface area contributed by atoms with Crippen LogP contribution in [0.3, 0.4) is 0 Å². The molecule has 2 amide bonds. The Balaban J connectivity index is 1.70. The van der Waals surface area contributed by atoms with Crippen LogP contribution >= 0.6 is 11.6 Å². The minimum atomic E-state index is -0.445. The second-order valence-electron chi connectivity index (χ2n) is 6.56. The van der Waals surface area contributed by atoms with Crippen molar-refractivity contribution < 1.29 is 14.3 Å². The van der Waals surface area contributed by atoms with Gasteiger partial charge in [0.1, 0.15) is 11.4 Å². The predicted octanol–water partition coefficient (Wildman–Crippen LogP) is 3.30. The van der Waals surface area contributed by atoms with Crippen molar-refractivity contribution in [3.63, 3.8) is 0 Å². The van der Waals surface area contributed by atoms with E-state index < -0.39 is 5.91 Å². The van der Waals surface area contributed by atoms with E-state index in [4.69, 9.17) is 16.3 Å². The molecule has 0 atom stereocenters. The number of aromatic nitrogens is 3. The minimum absolute atomic E-state index is 0.0712. The van der Waals surface area contributed by atoms with Crippen LogP contribution in [-0.2, 0) is 4.79 Å². The second-order valence-corrected chi connectivity index (χ2v) is 6.97. The fraction of sp³-hybridized carbons (Fsp3) is 0.238. The highest BCUT2D eigenvalue weighted by Crippen LogP contribution is 2.20. The number of aryl methyl sites for hydroxylation is 2. The molecule has 0 spiro atoms. The van der Waals surface area contributed by atoms with Gasteiger partial charge in [-0.25, -0.2) is 9.67 Å². The van der Waals surface area contributed by atoms with Crippen molar-refractivity contribution in [2.75, 3.05) is 18.5 Å². The largest absolute Gasteiger partial charge is 0.484 e. The van der Waals surface area contributed by atoms with Crippen LogP contribution < -0.4 is 15.4 Å². The van der Waals surface area contributed by atoms with Crippen LogP contribution in [0.15, 0.2) is 42.5 Å². The lowest BCUT2D eigenvalue weighted by molar-refractivity contribution is -0.122. The third-order valence-electron chi connectivity index (χ3n) is 4.13. The highest BCUT2D eigenvalue weighted by molar-refractivity contribution is 6.34. The average Bonchev–Trinajstić information content (AvgIpc) is 3.06. The number of anilines is 1. The molecule has 0 bridgehead atoms. The van der Waals surface area contributed by atoms with Crippen LogP contribution in [0.1, 0.15) is 28.8 Å². The Morgan fingerprint density at radius 1 is 1.13 bits per heavy atom. The molecule has 0 aliphatic carbocycles. The van der Waals surface area contributed by atoms with E-state index in [1.54, 1.807) is 41.1 Å². The van der Waals surface area contributed by atoms with E-state index in [9.17, 15) is 9.59 Å². The molecule has 0 unspecified atom stereocenters. The first-order chi connectivity index (χ1) is 14.4. The van der Waals surface area contributed by atoms with Gasteiger partial charge in [-0.15, -0.1) is 0 Å². The molecule has 9 heteroatoms. The molecule has 0 fully saturated rings. The van der Waals surface area contributed by atoms with Gasteiger partial charge in [0.2, 0.25) is 0 Å². The molecule has 0 aliphatic heterocycles. The Hall–Kier alpha value is -3.39. The summed E-state index contributed by atoms with van der Waals surface area (Å²) >= 11 is 6.20. The summed E-state index contributed by atoms with van der Waals surface area (Å²) in [6.07, 6.45) is 0. The standard InChI is InChI=1S/C21H22ClN5O3/c1-4-23-19(28)12-30-16-7-5-15(6-8-16)24-21(29)20-17(22)9-10-18(25-20)27-14(3)11-13(2)26-27/h5-11H,4,12H2,1-3H3,(H,23,28)(H,24,29). The lowest BCUT2D eigenvalue weighted by Gasteiger charge is -2.10. The summed E-state index contributed by atoms with van der Waals surface area (Å²) in [6, 6.07) is 11.9. The third-order valence-corrected chi connectivity index (χ3v) is 4.43. The number of nitrogens with zero attached hydrogens (tertiary/aromatic N) is 3. The molecule has 0 aliphatic rings. The SMILES string of the molecule is CCNC(=O)COc1ccc(NC(=O)c2nc(-n3nc(C)cc3C)ccc2Cl)cc1. The molecule has 0 saturated heterocycles. The van der Waals surface area contributed by atoms with E-state index >= 15 is 0 Å². The summed E-state index contributed by atoms with van der Waals surface area (Å²) in [6.45, 7) is 6.11. The zero-order valence-corrected chi connectivity index (χ0v) is 17.7. The minimum Gasteiger partial charge on any atom is -0.484 e. The Bertz CT molecular complexity index is 1060. The van der Waals surface area contributed by atoms with Crippen LogP contribution in [0.2, 0.25) is 5.02 Å². The van der Waals surface area contributed by atoms with Gasteiger partial charge in [0.05, 0.1) is 10.7 Å². The maximum Gasteiger partial charge on any atom is 0.275 e. The number of pyridine rings is 1. The maximum atomic E-state index is 12.7. The Labute approximate surface area is 179 Å². The number of benzene rings is 1. The first-order valence-electron chi connectivity index (χ1n) is 9.38. The fourth-order valence-electron chi connectivity index (χ4n) is 2.79. The zero-order valence-electron chi connectivity index (χ0n) is 16.9. The van der Waals surface area contributed by atoms with Crippen molar-refractivity contribution in [1.29, 1.82) is 0 Å². The van der Waals surface area contributed by atoms with Gasteiger partial charge >= 0.3 is 0 Å². The summed E-state index contributed by atoms with van der Waals surface area (Å²) in [5, 5.41) is 10.0. The topological polar surface area (TPSA) is 98.1 Å². The van der Waals surface area contributed by atoms with Gasteiger partial charge < -0.3 is 15.4 Å². The molecule has 3 rings (SSSR count). The number of hydrogen-bond acceptors (Lipinski definition) is 5. The van der Waals surface area contributed by atoms with Crippen LogP contribution in [0.4, 0.5) is 5.69 Å². The van der Waals surface area contributed by atoms with Gasteiger partial charge in [0.15, 0.2) is 12.4 Å². The molecular formula is C21H22ClN5O3. The number of carbonyl (C=O) groups excluding carboxylic acids is 2. The van der Waals surface area contributed by atoms with E-state index in [2.05, 4.69) is 20.7 Å². The molecule has 2 aromatic heterocycles. The van der Waals surface area contributed by atoms with E-state index in [0.29, 0.717) is 23.8 Å². The number of amides is 2. The van der Waals surface area contributed by atoms with Crippen molar-refractivity contribution in [2.24, 2.45) is 0 Å².